The minimum atomic E-state index is -0.489. The minimum absolute atomic E-state index is 0.489. The molecule has 0 unspecified atom stereocenters. The summed E-state index contributed by atoms with van der Waals surface area (Å²) in [5.74, 6) is 1.87. The SMILES string of the molecule is COc1ccc([C@H](O)CN2CCc3c(nc(C)n3C)C2)cc1. The Kier molecular flexibility index (Phi) is 4.18. The number of aryl methyl sites for hydroxylation is 1. The molecule has 1 atom stereocenters. The number of fused-ring (bicyclic) bond motifs is 1. The van der Waals surface area contributed by atoms with Gasteiger partial charge in [0.1, 0.15) is 11.6 Å². The van der Waals surface area contributed by atoms with Gasteiger partial charge >= 0.3 is 0 Å². The molecule has 0 radical (unpaired) electrons. The van der Waals surface area contributed by atoms with E-state index in [1.165, 1.54) is 5.69 Å². The summed E-state index contributed by atoms with van der Waals surface area (Å²) in [6.45, 7) is 4.43. The number of β-amino-alcohol motifs (C(OH)–C–C–N with tert-alkyl or cyclic N) is 1. The summed E-state index contributed by atoms with van der Waals surface area (Å²) in [4.78, 5) is 6.89. The summed E-state index contributed by atoms with van der Waals surface area (Å²) in [5.41, 5.74) is 3.39. The van der Waals surface area contributed by atoms with Crippen LogP contribution in [0.4, 0.5) is 0 Å². The standard InChI is InChI=1S/C17H23N3O2/c1-12-18-15-10-20(9-8-16(15)19(12)2)11-17(21)13-4-6-14(22-3)7-5-13/h4-7,17,21H,8-11H2,1-3H3/t17-/m1/s1. The molecule has 0 spiro atoms. The summed E-state index contributed by atoms with van der Waals surface area (Å²) in [6.07, 6.45) is 0.499. The van der Waals surface area contributed by atoms with Crippen molar-refractivity contribution in [1.82, 2.24) is 14.5 Å². The molecule has 1 aromatic heterocycles. The predicted octanol–water partition coefficient (Wildman–Crippen LogP) is 1.83. The molecule has 0 aliphatic carbocycles. The van der Waals surface area contributed by atoms with Gasteiger partial charge in [-0.25, -0.2) is 4.98 Å². The van der Waals surface area contributed by atoms with Crippen LogP contribution in [0.1, 0.15) is 28.9 Å². The first-order valence-corrected chi connectivity index (χ1v) is 7.64. The first-order valence-electron chi connectivity index (χ1n) is 7.64. The molecule has 0 fully saturated rings. The molecule has 1 aromatic carbocycles. The van der Waals surface area contributed by atoms with Crippen LogP contribution < -0.4 is 4.74 Å². The van der Waals surface area contributed by atoms with E-state index in [1.807, 2.05) is 31.2 Å². The van der Waals surface area contributed by atoms with Crippen LogP contribution in [0.2, 0.25) is 0 Å². The third kappa shape index (κ3) is 2.87. The fourth-order valence-corrected chi connectivity index (χ4v) is 3.05. The zero-order chi connectivity index (χ0) is 15.7. The fraction of sp³-hybridized carbons (Fsp3) is 0.471. The lowest BCUT2D eigenvalue weighted by Gasteiger charge is -2.28. The molecule has 5 heteroatoms. The Hall–Kier alpha value is -1.85. The number of imidazole rings is 1. The number of nitrogens with zero attached hydrogens (tertiary/aromatic N) is 3. The van der Waals surface area contributed by atoms with Gasteiger partial charge in [0, 0.05) is 38.8 Å². The molecule has 1 N–H and O–H groups in total. The minimum Gasteiger partial charge on any atom is -0.497 e. The van der Waals surface area contributed by atoms with E-state index < -0.39 is 6.10 Å². The zero-order valence-corrected chi connectivity index (χ0v) is 13.4. The lowest BCUT2D eigenvalue weighted by Crippen LogP contribution is -2.34. The third-order valence-corrected chi connectivity index (χ3v) is 4.49. The molecule has 22 heavy (non-hydrogen) atoms. The van der Waals surface area contributed by atoms with E-state index in [0.29, 0.717) is 6.54 Å². The summed E-state index contributed by atoms with van der Waals surface area (Å²) >= 11 is 0. The van der Waals surface area contributed by atoms with Gasteiger partial charge < -0.3 is 14.4 Å². The van der Waals surface area contributed by atoms with Crippen molar-refractivity contribution in [2.75, 3.05) is 20.2 Å². The molecule has 1 aliphatic rings. The maximum Gasteiger partial charge on any atom is 0.118 e. The van der Waals surface area contributed by atoms with Crippen LogP contribution in [0.15, 0.2) is 24.3 Å². The number of rotatable bonds is 4. The highest BCUT2D eigenvalue weighted by atomic mass is 16.5. The summed E-state index contributed by atoms with van der Waals surface area (Å²) in [7, 11) is 3.72. The number of aliphatic hydroxyl groups is 1. The van der Waals surface area contributed by atoms with Crippen molar-refractivity contribution in [3.8, 4) is 5.75 Å². The molecule has 0 saturated heterocycles. The Morgan fingerprint density at radius 3 is 2.73 bits per heavy atom. The summed E-state index contributed by atoms with van der Waals surface area (Å²) in [6, 6.07) is 7.61. The van der Waals surface area contributed by atoms with Crippen molar-refractivity contribution in [3.05, 3.63) is 47.0 Å². The number of aromatic nitrogens is 2. The molecule has 3 rings (SSSR count). The van der Waals surface area contributed by atoms with Gasteiger partial charge in [-0.3, -0.25) is 4.90 Å². The van der Waals surface area contributed by atoms with E-state index >= 15 is 0 Å². The zero-order valence-electron chi connectivity index (χ0n) is 13.4. The Balaban J connectivity index is 1.66. The summed E-state index contributed by atoms with van der Waals surface area (Å²) in [5, 5.41) is 10.4. The molecule has 118 valence electrons. The van der Waals surface area contributed by atoms with Crippen LogP contribution in [-0.4, -0.2) is 39.8 Å². The molecule has 2 heterocycles. The normalized spacial score (nSPS) is 16.4. The molecular weight excluding hydrogens is 278 g/mol. The number of benzene rings is 1. The highest BCUT2D eigenvalue weighted by Crippen LogP contribution is 2.23. The van der Waals surface area contributed by atoms with Crippen LogP contribution in [0.3, 0.4) is 0 Å². The van der Waals surface area contributed by atoms with E-state index in [0.717, 1.165) is 42.3 Å². The van der Waals surface area contributed by atoms with Gasteiger partial charge in [-0.2, -0.15) is 0 Å². The van der Waals surface area contributed by atoms with Gasteiger partial charge in [0.15, 0.2) is 0 Å². The number of aliphatic hydroxyl groups excluding tert-OH is 1. The second kappa shape index (κ2) is 6.10. The molecule has 5 nitrogen and oxygen atoms in total. The smallest absolute Gasteiger partial charge is 0.118 e. The van der Waals surface area contributed by atoms with Crippen molar-refractivity contribution in [2.45, 2.75) is 26.0 Å². The molecular formula is C17H23N3O2. The number of ether oxygens (including phenoxy) is 1. The number of hydrogen-bond acceptors (Lipinski definition) is 4. The second-order valence-electron chi connectivity index (χ2n) is 5.89. The quantitative estimate of drug-likeness (QED) is 0.936. The molecule has 0 amide bonds. The van der Waals surface area contributed by atoms with Crippen LogP contribution in [0.5, 0.6) is 5.75 Å². The largest absolute Gasteiger partial charge is 0.497 e. The first-order chi connectivity index (χ1) is 10.6. The topological polar surface area (TPSA) is 50.5 Å². The monoisotopic (exact) mass is 301 g/mol. The van der Waals surface area contributed by atoms with E-state index in [1.54, 1.807) is 7.11 Å². The van der Waals surface area contributed by atoms with Gasteiger partial charge in [-0.15, -0.1) is 0 Å². The Labute approximate surface area is 131 Å². The van der Waals surface area contributed by atoms with Crippen molar-refractivity contribution in [3.63, 3.8) is 0 Å². The maximum atomic E-state index is 10.4. The van der Waals surface area contributed by atoms with E-state index in [9.17, 15) is 5.11 Å². The Bertz CT molecular complexity index is 649. The van der Waals surface area contributed by atoms with Crippen molar-refractivity contribution in [2.24, 2.45) is 7.05 Å². The van der Waals surface area contributed by atoms with Crippen molar-refractivity contribution >= 4 is 0 Å². The number of hydrogen-bond donors (Lipinski definition) is 1. The van der Waals surface area contributed by atoms with Crippen LogP contribution >= 0.6 is 0 Å². The van der Waals surface area contributed by atoms with Gasteiger partial charge in [0.25, 0.3) is 0 Å². The van der Waals surface area contributed by atoms with Gasteiger partial charge in [0.2, 0.25) is 0 Å². The van der Waals surface area contributed by atoms with Crippen LogP contribution in [0, 0.1) is 6.92 Å². The lowest BCUT2D eigenvalue weighted by molar-refractivity contribution is 0.104. The van der Waals surface area contributed by atoms with E-state index in [2.05, 4.69) is 21.5 Å². The molecule has 2 aromatic rings. The Morgan fingerprint density at radius 1 is 1.32 bits per heavy atom. The lowest BCUT2D eigenvalue weighted by atomic mass is 10.1. The van der Waals surface area contributed by atoms with Crippen LogP contribution in [0.25, 0.3) is 0 Å². The van der Waals surface area contributed by atoms with Gasteiger partial charge in [-0.1, -0.05) is 12.1 Å². The molecule has 0 bridgehead atoms. The van der Waals surface area contributed by atoms with Crippen molar-refractivity contribution < 1.29 is 9.84 Å². The fourth-order valence-electron chi connectivity index (χ4n) is 3.05. The Morgan fingerprint density at radius 2 is 2.05 bits per heavy atom. The molecule has 1 aliphatic heterocycles. The maximum absolute atomic E-state index is 10.4. The predicted molar refractivity (Wildman–Crippen MR) is 84.9 cm³/mol. The average molecular weight is 301 g/mol. The van der Waals surface area contributed by atoms with Gasteiger partial charge in [-0.05, 0) is 24.6 Å². The molecule has 0 saturated carbocycles. The summed E-state index contributed by atoms with van der Waals surface area (Å²) < 4.78 is 7.32. The first kappa shape index (κ1) is 15.1. The second-order valence-corrected chi connectivity index (χ2v) is 5.89. The van der Waals surface area contributed by atoms with E-state index in [4.69, 9.17) is 4.74 Å². The average Bonchev–Trinajstić information content (AvgIpc) is 2.81. The van der Waals surface area contributed by atoms with E-state index in [-0.39, 0.29) is 0 Å². The van der Waals surface area contributed by atoms with Crippen molar-refractivity contribution in [1.29, 1.82) is 0 Å². The van der Waals surface area contributed by atoms with Crippen LogP contribution in [-0.2, 0) is 20.0 Å². The van der Waals surface area contributed by atoms with Gasteiger partial charge in [0.05, 0.1) is 18.9 Å². The highest BCUT2D eigenvalue weighted by Gasteiger charge is 2.23. The third-order valence-electron chi connectivity index (χ3n) is 4.49. The number of methoxy groups -OCH3 is 1. The highest BCUT2D eigenvalue weighted by molar-refractivity contribution is 5.28.